The topological polar surface area (TPSA) is 35.5 Å². The van der Waals surface area contributed by atoms with E-state index in [0.29, 0.717) is 5.56 Å². The third-order valence-electron chi connectivity index (χ3n) is 2.83. The molecule has 0 aliphatic heterocycles. The van der Waals surface area contributed by atoms with Crippen molar-refractivity contribution in [2.45, 2.75) is 52.8 Å². The number of benzene rings is 1. The monoisotopic (exact) mass is 418 g/mol. The maximum atomic E-state index is 11.8. The highest BCUT2D eigenvalue weighted by Gasteiger charge is 2.42. The van der Waals surface area contributed by atoms with Crippen LogP contribution in [-0.2, 0) is 8.23 Å². The van der Waals surface area contributed by atoms with E-state index in [9.17, 15) is 4.79 Å². The first kappa shape index (κ1) is 20.0. The van der Waals surface area contributed by atoms with Crippen LogP contribution < -0.4 is 5.19 Å². The molecule has 0 N–H and O–H groups in total. The Morgan fingerprint density at radius 3 is 1.73 bits per heavy atom. The fourth-order valence-electron chi connectivity index (χ4n) is 2.36. The first-order valence-corrected chi connectivity index (χ1v) is 17.4. The molecule has 0 saturated heterocycles. The molecule has 124 valence electrons. The van der Waals surface area contributed by atoms with Gasteiger partial charge in [-0.3, -0.25) is 4.79 Å². The highest BCUT2D eigenvalue weighted by Crippen LogP contribution is 2.23. The molecular weight excluding hydrogens is 392 g/mol. The minimum atomic E-state index is -2.56. The zero-order chi connectivity index (χ0) is 17.3. The SMILES string of the molecule is CC(=O)c1cc(Br)cc([Si](C)(O[Si](C)(C)C)O[Si](C)(C)C)c1. The lowest BCUT2D eigenvalue weighted by atomic mass is 10.1. The van der Waals surface area contributed by atoms with Gasteiger partial charge in [0.15, 0.2) is 22.4 Å². The van der Waals surface area contributed by atoms with Crippen molar-refractivity contribution in [1.82, 2.24) is 0 Å². The largest absolute Gasteiger partial charge is 0.433 e. The number of carbonyl (C=O) groups is 1. The molecule has 0 atom stereocenters. The Bertz CT molecular complexity index is 546. The molecule has 0 bridgehead atoms. The zero-order valence-electron chi connectivity index (χ0n) is 14.8. The summed E-state index contributed by atoms with van der Waals surface area (Å²) in [5, 5.41) is 1.02. The first-order chi connectivity index (χ1) is 9.72. The van der Waals surface area contributed by atoms with E-state index in [2.05, 4.69) is 61.8 Å². The van der Waals surface area contributed by atoms with Gasteiger partial charge in [0.25, 0.3) is 0 Å². The van der Waals surface area contributed by atoms with Crippen LogP contribution >= 0.6 is 15.9 Å². The molecule has 0 amide bonds. The number of hydrogen-bond donors (Lipinski definition) is 0. The van der Waals surface area contributed by atoms with Crippen molar-refractivity contribution in [2.24, 2.45) is 0 Å². The van der Waals surface area contributed by atoms with Gasteiger partial charge in [0, 0.05) is 10.0 Å². The summed E-state index contributed by atoms with van der Waals surface area (Å²) in [6.07, 6.45) is 0. The Balaban J connectivity index is 3.41. The summed E-state index contributed by atoms with van der Waals surface area (Å²) in [4.78, 5) is 11.8. The van der Waals surface area contributed by atoms with Gasteiger partial charge < -0.3 is 8.23 Å². The third-order valence-corrected chi connectivity index (χ3v) is 12.6. The quantitative estimate of drug-likeness (QED) is 0.498. The average Bonchev–Trinajstić information content (AvgIpc) is 2.22. The van der Waals surface area contributed by atoms with Crippen LogP contribution in [0, 0.1) is 0 Å². The molecular formula is C15H27BrO3Si3. The molecule has 7 heteroatoms. The van der Waals surface area contributed by atoms with Crippen LogP contribution in [0.3, 0.4) is 0 Å². The van der Waals surface area contributed by atoms with Crippen molar-refractivity contribution < 1.29 is 13.0 Å². The second-order valence-electron chi connectivity index (χ2n) is 7.66. The van der Waals surface area contributed by atoms with Crippen LogP contribution in [-0.4, -0.2) is 31.0 Å². The standard InChI is InChI=1S/C15H27BrO3Si3/c1-12(17)13-9-14(16)11-15(10-13)22(8,18-20(2,3)4)19-21(5,6)7/h9-11H,1-8H3. The summed E-state index contributed by atoms with van der Waals surface area (Å²) in [6.45, 7) is 16.8. The molecule has 0 unspecified atom stereocenters. The van der Waals surface area contributed by atoms with E-state index >= 15 is 0 Å². The van der Waals surface area contributed by atoms with E-state index in [1.807, 2.05) is 18.2 Å². The lowest BCUT2D eigenvalue weighted by Crippen LogP contribution is -2.60. The molecule has 0 spiro atoms. The predicted octanol–water partition coefficient (Wildman–Crippen LogP) is 4.63. The number of ketones is 1. The van der Waals surface area contributed by atoms with E-state index in [4.69, 9.17) is 8.23 Å². The predicted molar refractivity (Wildman–Crippen MR) is 104 cm³/mol. The number of Topliss-reactive ketones (excluding diaryl/α,β-unsaturated/α-hetero) is 1. The van der Waals surface area contributed by atoms with Gasteiger partial charge >= 0.3 is 8.56 Å². The van der Waals surface area contributed by atoms with Gasteiger partial charge in [-0.1, -0.05) is 15.9 Å². The summed E-state index contributed by atoms with van der Waals surface area (Å²) in [5.74, 6) is 0.0555. The molecule has 1 aromatic rings. The minimum absolute atomic E-state index is 0.0555. The van der Waals surface area contributed by atoms with Gasteiger partial charge in [-0.25, -0.2) is 0 Å². The second-order valence-corrected chi connectivity index (χ2v) is 21.1. The van der Waals surface area contributed by atoms with Crippen LogP contribution in [0.25, 0.3) is 0 Å². The molecule has 0 heterocycles. The van der Waals surface area contributed by atoms with Crippen molar-refractivity contribution in [3.63, 3.8) is 0 Å². The molecule has 0 saturated carbocycles. The Morgan fingerprint density at radius 2 is 1.36 bits per heavy atom. The van der Waals surface area contributed by atoms with Gasteiger partial charge in [0.1, 0.15) is 0 Å². The summed E-state index contributed by atoms with van der Waals surface area (Å²) < 4.78 is 14.0. The van der Waals surface area contributed by atoms with E-state index in [-0.39, 0.29) is 5.78 Å². The van der Waals surface area contributed by atoms with Gasteiger partial charge in [-0.15, -0.1) is 0 Å². The number of rotatable bonds is 6. The molecule has 0 aliphatic rings. The maximum absolute atomic E-state index is 11.8. The van der Waals surface area contributed by atoms with Crippen LogP contribution in [0.5, 0.6) is 0 Å². The van der Waals surface area contributed by atoms with Gasteiger partial charge in [-0.2, -0.15) is 0 Å². The second kappa shape index (κ2) is 6.82. The summed E-state index contributed by atoms with van der Waals surface area (Å²) in [7, 11) is -6.12. The number of carbonyl (C=O) groups excluding carboxylic acids is 1. The summed E-state index contributed by atoms with van der Waals surface area (Å²) in [5.41, 5.74) is 0.696. The van der Waals surface area contributed by atoms with Crippen LogP contribution in [0.1, 0.15) is 17.3 Å². The molecule has 0 aromatic heterocycles. The first-order valence-electron chi connectivity index (χ1n) is 7.44. The zero-order valence-corrected chi connectivity index (χ0v) is 19.4. The maximum Gasteiger partial charge on any atom is 0.348 e. The van der Waals surface area contributed by atoms with E-state index in [0.717, 1.165) is 9.66 Å². The Kier molecular flexibility index (Phi) is 6.20. The molecule has 0 aliphatic carbocycles. The van der Waals surface area contributed by atoms with Gasteiger partial charge in [0.05, 0.1) is 0 Å². The smallest absolute Gasteiger partial charge is 0.348 e. The Morgan fingerprint density at radius 1 is 0.909 bits per heavy atom. The van der Waals surface area contributed by atoms with Crippen LogP contribution in [0.2, 0.25) is 45.8 Å². The highest BCUT2D eigenvalue weighted by atomic mass is 79.9. The fraction of sp³-hybridized carbons (Fsp3) is 0.533. The Labute approximate surface area is 146 Å². The Hall–Kier alpha value is -0.0594. The van der Waals surface area contributed by atoms with E-state index < -0.39 is 25.2 Å². The number of hydrogen-bond acceptors (Lipinski definition) is 3. The fourth-order valence-corrected chi connectivity index (χ4v) is 14.7. The van der Waals surface area contributed by atoms with Crippen LogP contribution in [0.4, 0.5) is 0 Å². The van der Waals surface area contributed by atoms with E-state index in [1.54, 1.807) is 6.92 Å². The summed E-state index contributed by atoms with van der Waals surface area (Å²) in [6, 6.07) is 5.84. The molecule has 0 radical (unpaired) electrons. The van der Waals surface area contributed by atoms with Crippen LogP contribution in [0.15, 0.2) is 22.7 Å². The average molecular weight is 420 g/mol. The normalized spacial score (nSPS) is 13.3. The van der Waals surface area contributed by atoms with Crippen molar-refractivity contribution in [2.75, 3.05) is 0 Å². The van der Waals surface area contributed by atoms with E-state index in [1.165, 1.54) is 0 Å². The van der Waals surface area contributed by atoms with Crippen molar-refractivity contribution >= 4 is 52.1 Å². The van der Waals surface area contributed by atoms with Crippen molar-refractivity contribution in [1.29, 1.82) is 0 Å². The lowest BCUT2D eigenvalue weighted by molar-refractivity contribution is 0.101. The molecule has 1 aromatic carbocycles. The highest BCUT2D eigenvalue weighted by molar-refractivity contribution is 9.10. The molecule has 1 rings (SSSR count). The third kappa shape index (κ3) is 6.21. The van der Waals surface area contributed by atoms with Crippen molar-refractivity contribution in [3.05, 3.63) is 28.2 Å². The van der Waals surface area contributed by atoms with Gasteiger partial charge in [0.2, 0.25) is 0 Å². The van der Waals surface area contributed by atoms with Crippen molar-refractivity contribution in [3.8, 4) is 0 Å². The molecule has 22 heavy (non-hydrogen) atoms. The molecule has 0 fully saturated rings. The lowest BCUT2D eigenvalue weighted by Gasteiger charge is -2.38. The van der Waals surface area contributed by atoms with Gasteiger partial charge in [-0.05, 0) is 76.1 Å². The minimum Gasteiger partial charge on any atom is -0.433 e. The molecule has 3 nitrogen and oxygen atoms in total. The number of halogens is 1. The summed E-state index contributed by atoms with van der Waals surface area (Å²) >= 11 is 3.51.